The van der Waals surface area contributed by atoms with Gasteiger partial charge in [-0.2, -0.15) is 8.42 Å². The lowest BCUT2D eigenvalue weighted by Crippen LogP contribution is -1.88. The van der Waals surface area contributed by atoms with Gasteiger partial charge in [0.2, 0.25) is 0 Å². The first-order chi connectivity index (χ1) is 7.33. The monoisotopic (exact) mass is 246 g/mol. The van der Waals surface area contributed by atoms with E-state index in [9.17, 15) is 8.42 Å². The highest BCUT2D eigenvalue weighted by Crippen LogP contribution is 2.04. The van der Waals surface area contributed by atoms with Crippen molar-refractivity contribution in [1.82, 2.24) is 0 Å². The molecule has 0 saturated heterocycles. The van der Waals surface area contributed by atoms with Gasteiger partial charge in [0, 0.05) is 6.61 Å². The number of hydrogen-bond donors (Lipinski definition) is 2. The molecule has 0 saturated carbocycles. The van der Waals surface area contributed by atoms with E-state index < -0.39 is 10.1 Å². The number of aryl methyl sites for hydroxylation is 2. The molecule has 0 atom stereocenters. The number of rotatable bonds is 3. The summed E-state index contributed by atoms with van der Waals surface area (Å²) < 4.78 is 25.9. The topological polar surface area (TPSA) is 74.6 Å². The Morgan fingerprint density at radius 1 is 1.19 bits per heavy atom. The maximum atomic E-state index is 9.19. The molecule has 2 N–H and O–H groups in total. The van der Waals surface area contributed by atoms with Crippen molar-refractivity contribution < 1.29 is 18.1 Å². The molecule has 1 aromatic rings. The third-order valence-corrected chi connectivity index (χ3v) is 1.74. The van der Waals surface area contributed by atoms with E-state index in [0.29, 0.717) is 6.26 Å². The fourth-order valence-corrected chi connectivity index (χ4v) is 1.04. The summed E-state index contributed by atoms with van der Waals surface area (Å²) in [6.07, 6.45) is 2.56. The zero-order valence-electron chi connectivity index (χ0n) is 9.55. The molecule has 0 heterocycles. The lowest BCUT2D eigenvalue weighted by Gasteiger charge is -1.98. The number of hydrogen-bond acceptors (Lipinski definition) is 3. The summed E-state index contributed by atoms with van der Waals surface area (Å²) in [7, 11) is -3.67. The van der Waals surface area contributed by atoms with Gasteiger partial charge in [-0.15, -0.1) is 0 Å². The van der Waals surface area contributed by atoms with Crippen LogP contribution in [0.4, 0.5) is 0 Å². The summed E-state index contributed by atoms with van der Waals surface area (Å²) in [5.74, 6) is 0. The second-order valence-electron chi connectivity index (χ2n) is 3.55. The minimum absolute atomic E-state index is 0.286. The van der Waals surface area contributed by atoms with Crippen molar-refractivity contribution in [2.75, 3.05) is 12.9 Å². The van der Waals surface area contributed by atoms with Gasteiger partial charge in [0.25, 0.3) is 10.1 Å². The first-order valence-corrected chi connectivity index (χ1v) is 6.76. The van der Waals surface area contributed by atoms with E-state index in [1.54, 1.807) is 0 Å². The van der Waals surface area contributed by atoms with E-state index >= 15 is 0 Å². The van der Waals surface area contributed by atoms with Gasteiger partial charge in [0.05, 0.1) is 6.26 Å². The van der Waals surface area contributed by atoms with E-state index in [1.807, 2.05) is 0 Å². The molecule has 0 spiro atoms. The molecule has 0 aromatic heterocycles. The fraction of sp³-hybridized carbons (Fsp3) is 0.455. The smallest absolute Gasteiger partial charge is 0.261 e. The van der Waals surface area contributed by atoms with Crippen LogP contribution < -0.4 is 0 Å². The van der Waals surface area contributed by atoms with Gasteiger partial charge in [-0.3, -0.25) is 4.55 Å². The molecule has 1 aromatic carbocycles. The van der Waals surface area contributed by atoms with E-state index in [4.69, 9.17) is 9.66 Å². The molecule has 0 aliphatic rings. The molecule has 16 heavy (non-hydrogen) atoms. The highest BCUT2D eigenvalue weighted by atomic mass is 32.2. The second-order valence-corrected chi connectivity index (χ2v) is 5.01. The molecule has 4 nitrogen and oxygen atoms in total. The summed E-state index contributed by atoms with van der Waals surface area (Å²) in [5, 5.41) is 8.58. The summed E-state index contributed by atoms with van der Waals surface area (Å²) in [6, 6.07) is 8.44. The first-order valence-electron chi connectivity index (χ1n) is 4.92. The largest absolute Gasteiger partial charge is 0.396 e. The Morgan fingerprint density at radius 3 is 2.00 bits per heavy atom. The summed E-state index contributed by atoms with van der Waals surface area (Å²) in [4.78, 5) is 0. The van der Waals surface area contributed by atoms with Crippen LogP contribution in [0.1, 0.15) is 17.5 Å². The van der Waals surface area contributed by atoms with Gasteiger partial charge in [-0.25, -0.2) is 0 Å². The van der Waals surface area contributed by atoms with Crippen LogP contribution in [-0.2, 0) is 16.5 Å². The maximum Gasteiger partial charge on any atom is 0.261 e. The molecule has 1 rings (SSSR count). The average Bonchev–Trinajstić information content (AvgIpc) is 2.14. The predicted molar refractivity (Wildman–Crippen MR) is 64.1 cm³/mol. The van der Waals surface area contributed by atoms with Crippen LogP contribution in [-0.4, -0.2) is 30.9 Å². The Morgan fingerprint density at radius 2 is 1.62 bits per heavy atom. The normalized spacial score (nSPS) is 10.5. The van der Waals surface area contributed by atoms with E-state index in [0.717, 1.165) is 12.8 Å². The van der Waals surface area contributed by atoms with Crippen LogP contribution in [0.5, 0.6) is 0 Å². The lowest BCUT2D eigenvalue weighted by atomic mass is 10.1. The SMILES string of the molecule is CS(=O)(=O)O.Cc1ccc(CCCO)cc1. The van der Waals surface area contributed by atoms with Gasteiger partial charge in [-0.05, 0) is 25.3 Å². The molecule has 0 unspecified atom stereocenters. The van der Waals surface area contributed by atoms with Gasteiger partial charge >= 0.3 is 0 Å². The second kappa shape index (κ2) is 7.38. The van der Waals surface area contributed by atoms with Crippen molar-refractivity contribution in [3.05, 3.63) is 35.4 Å². The standard InChI is InChI=1S/C10H14O.CH4O3S/c1-9-4-6-10(7-5-9)3-2-8-11;1-5(2,3)4/h4-7,11H,2-3,8H2,1H3;1H3,(H,2,3,4). The van der Waals surface area contributed by atoms with Crippen LogP contribution in [0.2, 0.25) is 0 Å². The van der Waals surface area contributed by atoms with Crippen LogP contribution in [0.15, 0.2) is 24.3 Å². The molecule has 5 heteroatoms. The van der Waals surface area contributed by atoms with Crippen LogP contribution in [0, 0.1) is 6.92 Å². The van der Waals surface area contributed by atoms with Gasteiger partial charge in [0.1, 0.15) is 0 Å². The zero-order chi connectivity index (χ0) is 12.6. The van der Waals surface area contributed by atoms with Crippen LogP contribution >= 0.6 is 0 Å². The first kappa shape index (κ1) is 15.1. The molecule has 0 fully saturated rings. The molecular weight excluding hydrogens is 228 g/mol. The summed E-state index contributed by atoms with van der Waals surface area (Å²) >= 11 is 0. The molecular formula is C11H18O4S. The van der Waals surface area contributed by atoms with E-state index in [2.05, 4.69) is 31.2 Å². The predicted octanol–water partition coefficient (Wildman–Crippen LogP) is 1.42. The van der Waals surface area contributed by atoms with Crippen molar-refractivity contribution in [2.24, 2.45) is 0 Å². The fourth-order valence-electron chi connectivity index (χ4n) is 1.04. The average molecular weight is 246 g/mol. The highest BCUT2D eigenvalue weighted by Gasteiger charge is 1.90. The van der Waals surface area contributed by atoms with Crippen molar-refractivity contribution in [2.45, 2.75) is 19.8 Å². The van der Waals surface area contributed by atoms with Crippen molar-refractivity contribution in [3.8, 4) is 0 Å². The zero-order valence-corrected chi connectivity index (χ0v) is 10.4. The highest BCUT2D eigenvalue weighted by molar-refractivity contribution is 7.85. The number of aliphatic hydroxyl groups excluding tert-OH is 1. The Hall–Kier alpha value is -0.910. The van der Waals surface area contributed by atoms with Crippen molar-refractivity contribution in [3.63, 3.8) is 0 Å². The Bertz CT molecular complexity index is 373. The molecule has 0 radical (unpaired) electrons. The molecule has 0 aliphatic heterocycles. The van der Waals surface area contributed by atoms with Crippen molar-refractivity contribution >= 4 is 10.1 Å². The molecule has 0 amide bonds. The van der Waals surface area contributed by atoms with Crippen LogP contribution in [0.3, 0.4) is 0 Å². The third-order valence-electron chi connectivity index (χ3n) is 1.74. The molecule has 0 bridgehead atoms. The van der Waals surface area contributed by atoms with Gasteiger partial charge in [0.15, 0.2) is 0 Å². The third kappa shape index (κ3) is 11.2. The lowest BCUT2D eigenvalue weighted by molar-refractivity contribution is 0.288. The Balaban J connectivity index is 0.000000385. The Labute approximate surface area is 96.7 Å². The van der Waals surface area contributed by atoms with Gasteiger partial charge < -0.3 is 5.11 Å². The number of benzene rings is 1. The van der Waals surface area contributed by atoms with E-state index in [1.165, 1.54) is 11.1 Å². The molecule has 0 aliphatic carbocycles. The summed E-state index contributed by atoms with van der Waals surface area (Å²) in [6.45, 7) is 2.36. The minimum Gasteiger partial charge on any atom is -0.396 e. The van der Waals surface area contributed by atoms with E-state index in [-0.39, 0.29) is 6.61 Å². The maximum absolute atomic E-state index is 9.19. The number of aliphatic hydroxyl groups is 1. The van der Waals surface area contributed by atoms with Crippen LogP contribution in [0.25, 0.3) is 0 Å². The Kier molecular flexibility index (Phi) is 6.96. The van der Waals surface area contributed by atoms with Gasteiger partial charge in [-0.1, -0.05) is 29.8 Å². The quantitative estimate of drug-likeness (QED) is 0.791. The molecule has 92 valence electrons. The van der Waals surface area contributed by atoms with Crippen molar-refractivity contribution in [1.29, 1.82) is 0 Å². The summed E-state index contributed by atoms with van der Waals surface area (Å²) in [5.41, 5.74) is 2.60. The minimum atomic E-state index is -3.67.